The Bertz CT molecular complexity index is 303. The predicted molar refractivity (Wildman–Crippen MR) is 63.5 cm³/mol. The van der Waals surface area contributed by atoms with Gasteiger partial charge in [-0.2, -0.15) is 0 Å². The van der Waals surface area contributed by atoms with Gasteiger partial charge in [-0.25, -0.2) is 0 Å². The molecule has 0 aliphatic rings. The number of benzene rings is 2. The number of rotatable bonds is 1. The van der Waals surface area contributed by atoms with Gasteiger partial charge in [-0.1, -0.05) is 60.7 Å². The number of hydrogen-bond acceptors (Lipinski definition) is 0. The van der Waals surface area contributed by atoms with Crippen LogP contribution in [0.5, 0.6) is 0 Å². The van der Waals surface area contributed by atoms with Crippen molar-refractivity contribution in [2.75, 3.05) is 0 Å². The summed E-state index contributed by atoms with van der Waals surface area (Å²) in [4.78, 5) is 0. The first-order valence-corrected chi connectivity index (χ1v) is 8.19. The molecular formula is C13H13K. The topological polar surface area (TPSA) is 0 Å². The molecule has 0 heterocycles. The summed E-state index contributed by atoms with van der Waals surface area (Å²) in [5, 5.41) is 0. The van der Waals surface area contributed by atoms with E-state index in [1.54, 1.807) is 0 Å². The second kappa shape index (κ2) is 7.38. The normalized spacial score (nSPS) is 8.79. The zero-order chi connectivity index (χ0) is 10.2. The monoisotopic (exact) mass is 208 g/mol. The zero-order valence-electron chi connectivity index (χ0n) is 8.77. The summed E-state index contributed by atoms with van der Waals surface area (Å²) >= 11 is 1.06. The quantitative estimate of drug-likeness (QED) is 0.629. The fourth-order valence-electron chi connectivity index (χ4n) is 1.26. The zero-order valence-corrected chi connectivity index (χ0v) is 11.9. The maximum Gasteiger partial charge on any atom is -0.0184 e. The van der Waals surface area contributed by atoms with Gasteiger partial charge in [0.05, 0.1) is 0 Å². The Balaban J connectivity index is 0.000000461. The minimum Gasteiger partial charge on any atom is -0.0622 e. The van der Waals surface area contributed by atoms with Gasteiger partial charge in [-0.05, 0) is 11.1 Å². The van der Waals surface area contributed by atoms with Gasteiger partial charge in [0.25, 0.3) is 0 Å². The fourth-order valence-corrected chi connectivity index (χ4v) is 1.26. The predicted octanol–water partition coefficient (Wildman–Crippen LogP) is 3.56. The van der Waals surface area contributed by atoms with Crippen LogP contribution >= 0.6 is 0 Å². The molecule has 0 spiro atoms. The Labute approximate surface area is 120 Å². The average molecular weight is 208 g/mol. The molecule has 2 rings (SSSR count). The molecule has 1 heteroatoms. The third-order valence-corrected chi connectivity index (χ3v) is 1.88. The van der Waals surface area contributed by atoms with Crippen LogP contribution in [0, 0.1) is 0 Å². The molecule has 2 aromatic carbocycles. The van der Waals surface area contributed by atoms with Crippen molar-refractivity contribution in [3.05, 3.63) is 60.7 Å². The summed E-state index contributed by atoms with van der Waals surface area (Å²) in [6.45, 7) is 0. The third-order valence-electron chi connectivity index (χ3n) is 1.88. The molecule has 0 fully saturated rings. The molecule has 0 saturated heterocycles. The van der Waals surface area contributed by atoms with Crippen molar-refractivity contribution < 1.29 is 0 Å². The first kappa shape index (κ1) is 12.1. The number of hydrogen-bond donors (Lipinski definition) is 0. The van der Waals surface area contributed by atoms with Gasteiger partial charge in [-0.15, -0.1) is 0 Å². The first-order valence-electron chi connectivity index (χ1n) is 5.07. The second-order valence-corrected chi connectivity index (χ2v) is 2.73. The van der Waals surface area contributed by atoms with Crippen LogP contribution in [0.25, 0.3) is 11.1 Å². The van der Waals surface area contributed by atoms with E-state index in [-0.39, 0.29) is 0 Å². The van der Waals surface area contributed by atoms with Crippen molar-refractivity contribution in [3.8, 4) is 11.1 Å². The Kier molecular flexibility index (Phi) is 6.40. The molecule has 0 aliphatic carbocycles. The molecule has 0 aromatic heterocycles. The van der Waals surface area contributed by atoms with E-state index in [0.29, 0.717) is 0 Å². The summed E-state index contributed by atoms with van der Waals surface area (Å²) in [5.74, 6) is 0. The Morgan fingerprint density at radius 3 is 1.14 bits per heavy atom. The van der Waals surface area contributed by atoms with E-state index in [4.69, 9.17) is 0 Å². The van der Waals surface area contributed by atoms with Gasteiger partial charge in [0, 0.05) is 0 Å². The second-order valence-electron chi connectivity index (χ2n) is 2.73. The summed E-state index contributed by atoms with van der Waals surface area (Å²) in [6, 6.07) is 20.8. The van der Waals surface area contributed by atoms with E-state index < -0.39 is 0 Å². The third kappa shape index (κ3) is 3.68. The average Bonchev–Trinajstić information content (AvgIpc) is 2.34. The van der Waals surface area contributed by atoms with E-state index in [1.807, 2.05) is 12.1 Å². The molecule has 0 nitrogen and oxygen atoms in total. The van der Waals surface area contributed by atoms with Gasteiger partial charge in [0.2, 0.25) is 0 Å². The van der Waals surface area contributed by atoms with E-state index in [1.165, 1.54) is 11.1 Å². The van der Waals surface area contributed by atoms with Crippen LogP contribution in [0.4, 0.5) is 0 Å². The van der Waals surface area contributed by atoms with Gasteiger partial charge >= 0.3 is 50.0 Å². The van der Waals surface area contributed by atoms with Crippen molar-refractivity contribution in [1.29, 1.82) is 0 Å². The minimum atomic E-state index is 1.06. The largest absolute Gasteiger partial charge is 0.0622 e. The Morgan fingerprint density at radius 1 is 0.571 bits per heavy atom. The molecule has 0 radical (unpaired) electrons. The summed E-state index contributed by atoms with van der Waals surface area (Å²) in [6.07, 6.45) is 0. The summed E-state index contributed by atoms with van der Waals surface area (Å²) in [7, 11) is 0. The van der Waals surface area contributed by atoms with Crippen molar-refractivity contribution >= 4 is 49.0 Å². The SMILES string of the molecule is [CH3][K].c1ccc(-c2ccccc2)cc1. The van der Waals surface area contributed by atoms with Crippen LogP contribution in [0.3, 0.4) is 0 Å². The summed E-state index contributed by atoms with van der Waals surface area (Å²) < 4.78 is 2.19. The van der Waals surface area contributed by atoms with Gasteiger partial charge in [0.1, 0.15) is 0 Å². The van der Waals surface area contributed by atoms with Gasteiger partial charge in [-0.3, -0.25) is 0 Å². The van der Waals surface area contributed by atoms with E-state index in [9.17, 15) is 0 Å². The fraction of sp³-hybridized carbons (Fsp3) is 0.0769. The maximum absolute atomic E-state index is 2.19. The molecule has 0 aliphatic heterocycles. The molecule has 0 atom stereocenters. The summed E-state index contributed by atoms with van der Waals surface area (Å²) in [5.41, 5.74) is 2.55. The molecule has 0 bridgehead atoms. The van der Waals surface area contributed by atoms with Crippen LogP contribution < -0.4 is 0 Å². The minimum absolute atomic E-state index is 1.06. The molecule has 0 N–H and O–H groups in total. The van der Waals surface area contributed by atoms with Crippen molar-refractivity contribution in [1.82, 2.24) is 0 Å². The van der Waals surface area contributed by atoms with Gasteiger partial charge < -0.3 is 0 Å². The van der Waals surface area contributed by atoms with E-state index in [2.05, 4.69) is 49.5 Å². The van der Waals surface area contributed by atoms with Crippen molar-refractivity contribution in [2.45, 2.75) is 1.02 Å². The molecule has 2 aromatic rings. The van der Waals surface area contributed by atoms with Crippen LogP contribution in [0.15, 0.2) is 60.7 Å². The smallest absolute Gasteiger partial charge is 0.0184 e. The van der Waals surface area contributed by atoms with Crippen LogP contribution in [0.2, 0.25) is 1.02 Å². The Hall–Kier alpha value is 0.0764. The van der Waals surface area contributed by atoms with E-state index in [0.717, 1.165) is 49.0 Å². The van der Waals surface area contributed by atoms with Crippen LogP contribution in [-0.4, -0.2) is 49.0 Å². The molecule has 0 amide bonds. The molecule has 66 valence electrons. The standard InChI is InChI=1S/C12H10.CH3.K/c1-3-7-11(8-4-1)12-9-5-2-6-10-12;;/h1-10H;1H3;. The van der Waals surface area contributed by atoms with Crippen molar-refractivity contribution in [3.63, 3.8) is 0 Å². The van der Waals surface area contributed by atoms with Crippen LogP contribution in [0.1, 0.15) is 0 Å². The van der Waals surface area contributed by atoms with Crippen molar-refractivity contribution in [2.24, 2.45) is 0 Å². The van der Waals surface area contributed by atoms with Gasteiger partial charge in [0.15, 0.2) is 0 Å². The Morgan fingerprint density at radius 2 is 0.857 bits per heavy atom. The van der Waals surface area contributed by atoms with E-state index >= 15 is 0 Å². The van der Waals surface area contributed by atoms with Crippen LogP contribution in [-0.2, 0) is 0 Å². The maximum atomic E-state index is 2.19. The first-order chi connectivity index (χ1) is 6.97. The molecular weight excluding hydrogens is 195 g/mol. The molecule has 0 saturated carbocycles. The molecule has 14 heavy (non-hydrogen) atoms. The molecule has 0 unspecified atom stereocenters.